The monoisotopic (exact) mass is 395 g/mol. The Morgan fingerprint density at radius 3 is 1.50 bits per heavy atom. The highest BCUT2D eigenvalue weighted by molar-refractivity contribution is 6.23. The first-order chi connectivity index (χ1) is 14.7. The minimum atomic E-state index is -0.519. The van der Waals surface area contributed by atoms with Crippen LogP contribution in [0.25, 0.3) is 0 Å². The van der Waals surface area contributed by atoms with Crippen LogP contribution in [-0.4, -0.2) is 16.9 Å². The third-order valence-electron chi connectivity index (χ3n) is 6.19. The number of rotatable bonds is 3. The minimum absolute atomic E-state index is 0.0710. The van der Waals surface area contributed by atoms with Crippen LogP contribution < -0.4 is 4.90 Å². The lowest BCUT2D eigenvalue weighted by Crippen LogP contribution is -2.31. The van der Waals surface area contributed by atoms with Gasteiger partial charge in [0, 0.05) is 11.8 Å². The smallest absolute Gasteiger partial charge is 0.238 e. The molecule has 1 N–H and O–H groups in total. The number of phenolic OH excluding ortho intramolecular Hbond substituents is 1. The van der Waals surface area contributed by atoms with E-state index in [2.05, 4.69) is 12.2 Å². The van der Waals surface area contributed by atoms with Gasteiger partial charge in [0.05, 0.1) is 17.5 Å². The first-order valence-corrected chi connectivity index (χ1v) is 10.1. The Hall–Kier alpha value is -3.66. The molecule has 1 heterocycles. The van der Waals surface area contributed by atoms with Crippen LogP contribution in [0.4, 0.5) is 5.69 Å². The summed E-state index contributed by atoms with van der Waals surface area (Å²) < 4.78 is 0. The molecule has 4 heteroatoms. The van der Waals surface area contributed by atoms with Crippen LogP contribution in [0.2, 0.25) is 0 Å². The average Bonchev–Trinajstić information content (AvgIpc) is 3.06. The Kier molecular flexibility index (Phi) is 4.47. The molecule has 1 saturated heterocycles. The van der Waals surface area contributed by atoms with Crippen LogP contribution in [0.15, 0.2) is 97.1 Å². The van der Waals surface area contributed by atoms with Gasteiger partial charge in [-0.3, -0.25) is 9.59 Å². The minimum Gasteiger partial charge on any atom is -0.506 e. The second-order valence-corrected chi connectivity index (χ2v) is 7.81. The summed E-state index contributed by atoms with van der Waals surface area (Å²) in [5.74, 6) is -2.01. The molecule has 1 fully saturated rings. The molecule has 4 nitrogen and oxygen atoms in total. The standard InChI is InChI=1S/C26H21NO3/c28-22-14-8-7-13-21(22)27-25(29)23-19(17-9-3-1-4-10-17)15-16-20(24(23)26(27)30)18-11-5-2-6-12-18/h1-16,19-20,23-24,28H/t19-,20-,23-,24+/m0/s1. The van der Waals surface area contributed by atoms with E-state index < -0.39 is 11.8 Å². The highest BCUT2D eigenvalue weighted by Gasteiger charge is 2.55. The molecule has 1 aliphatic heterocycles. The van der Waals surface area contributed by atoms with Gasteiger partial charge in [0.15, 0.2) is 0 Å². The van der Waals surface area contributed by atoms with Gasteiger partial charge < -0.3 is 5.11 Å². The van der Waals surface area contributed by atoms with Crippen LogP contribution in [0.5, 0.6) is 5.75 Å². The number of aromatic hydroxyl groups is 1. The number of phenols is 1. The summed E-state index contributed by atoms with van der Waals surface area (Å²) in [6.45, 7) is 0. The quantitative estimate of drug-likeness (QED) is 0.519. The number of carbonyl (C=O) groups is 2. The molecule has 5 rings (SSSR count). The Balaban J connectivity index is 1.65. The Morgan fingerprint density at radius 2 is 1.03 bits per heavy atom. The molecule has 3 aromatic rings. The number of hydrogen-bond acceptors (Lipinski definition) is 3. The lowest BCUT2D eigenvalue weighted by atomic mass is 9.68. The van der Waals surface area contributed by atoms with Gasteiger partial charge in [0.1, 0.15) is 5.75 Å². The number of fused-ring (bicyclic) bond motifs is 1. The number of allylic oxidation sites excluding steroid dienone is 2. The Morgan fingerprint density at radius 1 is 0.600 bits per heavy atom. The molecular formula is C26H21NO3. The summed E-state index contributed by atoms with van der Waals surface area (Å²) in [7, 11) is 0. The number of para-hydroxylation sites is 2. The maximum absolute atomic E-state index is 13.6. The molecule has 148 valence electrons. The van der Waals surface area contributed by atoms with Gasteiger partial charge in [0.2, 0.25) is 11.8 Å². The van der Waals surface area contributed by atoms with Crippen molar-refractivity contribution in [1.29, 1.82) is 0 Å². The first-order valence-electron chi connectivity index (χ1n) is 10.1. The predicted molar refractivity (Wildman–Crippen MR) is 115 cm³/mol. The van der Waals surface area contributed by atoms with E-state index in [0.29, 0.717) is 0 Å². The second kappa shape index (κ2) is 7.30. The van der Waals surface area contributed by atoms with Gasteiger partial charge in [0.25, 0.3) is 0 Å². The van der Waals surface area contributed by atoms with E-state index in [0.717, 1.165) is 11.1 Å². The number of nitrogens with zero attached hydrogens (tertiary/aromatic N) is 1. The van der Waals surface area contributed by atoms with E-state index in [4.69, 9.17) is 0 Å². The molecule has 1 aliphatic carbocycles. The zero-order valence-corrected chi connectivity index (χ0v) is 16.3. The first kappa shape index (κ1) is 18.4. The summed E-state index contributed by atoms with van der Waals surface area (Å²) in [6, 6.07) is 26.2. The number of carbonyl (C=O) groups excluding carboxylic acids is 2. The van der Waals surface area contributed by atoms with Crippen molar-refractivity contribution in [3.63, 3.8) is 0 Å². The van der Waals surface area contributed by atoms with Gasteiger partial charge >= 0.3 is 0 Å². The lowest BCUT2D eigenvalue weighted by Gasteiger charge is -2.32. The Labute approximate surface area is 175 Å². The number of hydrogen-bond donors (Lipinski definition) is 1. The Bertz CT molecular complexity index is 1060. The maximum Gasteiger partial charge on any atom is 0.238 e. The number of amides is 2. The zero-order valence-electron chi connectivity index (χ0n) is 16.3. The maximum atomic E-state index is 13.6. The van der Waals surface area contributed by atoms with Gasteiger partial charge in [-0.05, 0) is 23.3 Å². The van der Waals surface area contributed by atoms with Crippen molar-refractivity contribution in [1.82, 2.24) is 0 Å². The number of anilines is 1. The van der Waals surface area contributed by atoms with Crippen molar-refractivity contribution in [3.8, 4) is 5.75 Å². The van der Waals surface area contributed by atoms with E-state index in [-0.39, 0.29) is 35.1 Å². The van der Waals surface area contributed by atoms with Gasteiger partial charge in [-0.2, -0.15) is 0 Å². The van der Waals surface area contributed by atoms with E-state index >= 15 is 0 Å². The molecule has 0 bridgehead atoms. The van der Waals surface area contributed by atoms with Crippen LogP contribution in [0.3, 0.4) is 0 Å². The molecule has 4 atom stereocenters. The molecule has 2 aliphatic rings. The van der Waals surface area contributed by atoms with Gasteiger partial charge in [-0.15, -0.1) is 0 Å². The van der Waals surface area contributed by atoms with Crippen molar-refractivity contribution < 1.29 is 14.7 Å². The van der Waals surface area contributed by atoms with E-state index in [1.807, 2.05) is 60.7 Å². The fourth-order valence-electron chi connectivity index (χ4n) is 4.82. The second-order valence-electron chi connectivity index (χ2n) is 7.81. The third-order valence-corrected chi connectivity index (χ3v) is 6.19. The van der Waals surface area contributed by atoms with E-state index in [1.165, 1.54) is 11.0 Å². The van der Waals surface area contributed by atoms with Gasteiger partial charge in [-0.1, -0.05) is 84.9 Å². The predicted octanol–water partition coefficient (Wildman–Crippen LogP) is 4.64. The van der Waals surface area contributed by atoms with Crippen LogP contribution in [0.1, 0.15) is 23.0 Å². The molecular weight excluding hydrogens is 374 g/mol. The normalized spacial score (nSPS) is 25.4. The van der Waals surface area contributed by atoms with Crippen LogP contribution >= 0.6 is 0 Å². The highest BCUT2D eigenvalue weighted by Crippen LogP contribution is 2.50. The summed E-state index contributed by atoms with van der Waals surface area (Å²) in [5, 5.41) is 10.3. The topological polar surface area (TPSA) is 57.6 Å². The zero-order chi connectivity index (χ0) is 20.7. The average molecular weight is 395 g/mol. The molecule has 0 radical (unpaired) electrons. The number of imide groups is 1. The lowest BCUT2D eigenvalue weighted by molar-refractivity contribution is -0.122. The summed E-state index contributed by atoms with van der Waals surface area (Å²) in [4.78, 5) is 28.4. The summed E-state index contributed by atoms with van der Waals surface area (Å²) in [5.41, 5.74) is 2.27. The summed E-state index contributed by atoms with van der Waals surface area (Å²) >= 11 is 0. The van der Waals surface area contributed by atoms with Crippen molar-refractivity contribution in [2.75, 3.05) is 4.90 Å². The van der Waals surface area contributed by atoms with Gasteiger partial charge in [-0.25, -0.2) is 4.90 Å². The van der Waals surface area contributed by atoms with E-state index in [9.17, 15) is 14.7 Å². The van der Waals surface area contributed by atoms with Crippen molar-refractivity contribution >= 4 is 17.5 Å². The van der Waals surface area contributed by atoms with Crippen LogP contribution in [-0.2, 0) is 9.59 Å². The fraction of sp³-hybridized carbons (Fsp3) is 0.154. The molecule has 3 aromatic carbocycles. The van der Waals surface area contributed by atoms with E-state index in [1.54, 1.807) is 18.2 Å². The third kappa shape index (κ3) is 2.84. The molecule has 0 spiro atoms. The van der Waals surface area contributed by atoms with Crippen molar-refractivity contribution in [2.24, 2.45) is 11.8 Å². The van der Waals surface area contributed by atoms with Crippen molar-refractivity contribution in [3.05, 3.63) is 108 Å². The van der Waals surface area contributed by atoms with Crippen molar-refractivity contribution in [2.45, 2.75) is 11.8 Å². The number of benzene rings is 3. The molecule has 2 amide bonds. The fourth-order valence-corrected chi connectivity index (χ4v) is 4.82. The summed E-state index contributed by atoms with van der Waals surface area (Å²) in [6.07, 6.45) is 4.13. The molecule has 0 saturated carbocycles. The SMILES string of the molecule is O=C1[C@@H]2[C@H](C(=O)N1c1ccccc1O)[C@H](c1ccccc1)C=C[C@H]2c1ccccc1. The molecule has 30 heavy (non-hydrogen) atoms. The largest absolute Gasteiger partial charge is 0.506 e. The molecule has 0 unspecified atom stereocenters. The molecule has 0 aromatic heterocycles. The highest BCUT2D eigenvalue weighted by atomic mass is 16.3. The van der Waals surface area contributed by atoms with Crippen LogP contribution in [0, 0.1) is 11.8 Å².